The van der Waals surface area contributed by atoms with E-state index in [-0.39, 0.29) is 12.3 Å². The van der Waals surface area contributed by atoms with E-state index in [1.54, 1.807) is 7.11 Å². The van der Waals surface area contributed by atoms with Crippen LogP contribution in [0.5, 0.6) is 17.2 Å². The van der Waals surface area contributed by atoms with Gasteiger partial charge in [0, 0.05) is 11.6 Å². The molecule has 0 spiro atoms. The van der Waals surface area contributed by atoms with Gasteiger partial charge in [0.1, 0.15) is 12.4 Å². The van der Waals surface area contributed by atoms with Crippen LogP contribution in [0.3, 0.4) is 0 Å². The molecule has 0 aromatic heterocycles. The average molecular weight is 303 g/mol. The number of nitro benzene ring substituents is 1. The minimum atomic E-state index is -0.473. The molecule has 2 aromatic rings. The van der Waals surface area contributed by atoms with Gasteiger partial charge in [-0.25, -0.2) is 0 Å². The van der Waals surface area contributed by atoms with Crippen LogP contribution < -0.4 is 14.2 Å². The quantitative estimate of drug-likeness (QED) is 0.603. The number of nitrogens with zero attached hydrogens (tertiary/aromatic N) is 1. The lowest BCUT2D eigenvalue weighted by atomic mass is 10.1. The second kappa shape index (κ2) is 6.80. The van der Waals surface area contributed by atoms with Crippen molar-refractivity contribution in [1.82, 2.24) is 0 Å². The number of nitro groups is 1. The highest BCUT2D eigenvalue weighted by molar-refractivity contribution is 5.48. The molecule has 0 unspecified atom stereocenters. The summed E-state index contributed by atoms with van der Waals surface area (Å²) in [4.78, 5) is 10.4. The largest absolute Gasteiger partial charge is 0.496 e. The minimum absolute atomic E-state index is 0.0491. The molecule has 0 atom stereocenters. The molecular weight excluding hydrogens is 286 g/mol. The van der Waals surface area contributed by atoms with Crippen LogP contribution >= 0.6 is 0 Å². The van der Waals surface area contributed by atoms with Crippen LogP contribution in [-0.4, -0.2) is 19.1 Å². The van der Waals surface area contributed by atoms with Crippen LogP contribution in [-0.2, 0) is 6.61 Å². The third-order valence-corrected chi connectivity index (χ3v) is 3.18. The van der Waals surface area contributed by atoms with Crippen LogP contribution in [0.2, 0.25) is 0 Å². The number of aryl methyl sites for hydroxylation is 1. The molecule has 0 amide bonds. The highest BCUT2D eigenvalue weighted by Crippen LogP contribution is 2.32. The maximum absolute atomic E-state index is 10.9. The predicted molar refractivity (Wildman–Crippen MR) is 81.7 cm³/mol. The average Bonchev–Trinajstić information content (AvgIpc) is 2.52. The van der Waals surface area contributed by atoms with Crippen molar-refractivity contribution < 1.29 is 19.1 Å². The summed E-state index contributed by atoms with van der Waals surface area (Å²) in [5.41, 5.74) is 1.88. The van der Waals surface area contributed by atoms with Gasteiger partial charge in [0.2, 0.25) is 0 Å². The first-order valence-electron chi connectivity index (χ1n) is 6.64. The Kier molecular flexibility index (Phi) is 4.83. The van der Waals surface area contributed by atoms with Gasteiger partial charge < -0.3 is 14.2 Å². The van der Waals surface area contributed by atoms with Crippen LogP contribution in [0.4, 0.5) is 5.69 Å². The van der Waals surface area contributed by atoms with Gasteiger partial charge in [0.25, 0.3) is 5.69 Å². The van der Waals surface area contributed by atoms with Crippen molar-refractivity contribution in [2.75, 3.05) is 14.2 Å². The molecule has 0 radical (unpaired) electrons. The number of hydrogen-bond donors (Lipinski definition) is 0. The monoisotopic (exact) mass is 303 g/mol. The molecule has 2 aromatic carbocycles. The van der Waals surface area contributed by atoms with Crippen LogP contribution in [0.15, 0.2) is 36.4 Å². The van der Waals surface area contributed by atoms with Gasteiger partial charge in [0.15, 0.2) is 11.5 Å². The lowest BCUT2D eigenvalue weighted by molar-refractivity contribution is -0.385. The molecule has 116 valence electrons. The molecule has 0 saturated carbocycles. The lowest BCUT2D eigenvalue weighted by Crippen LogP contribution is -2.01. The van der Waals surface area contributed by atoms with Gasteiger partial charge in [-0.15, -0.1) is 0 Å². The summed E-state index contributed by atoms with van der Waals surface area (Å²) in [5.74, 6) is 1.47. The Hall–Kier alpha value is -2.76. The summed E-state index contributed by atoms with van der Waals surface area (Å²) in [7, 11) is 3.07. The van der Waals surface area contributed by atoms with Gasteiger partial charge in [-0.05, 0) is 25.1 Å². The zero-order valence-corrected chi connectivity index (χ0v) is 12.7. The van der Waals surface area contributed by atoms with E-state index in [9.17, 15) is 10.1 Å². The second-order valence-corrected chi connectivity index (χ2v) is 4.70. The van der Waals surface area contributed by atoms with E-state index in [2.05, 4.69) is 0 Å². The molecule has 6 nitrogen and oxygen atoms in total. The Morgan fingerprint density at radius 1 is 1.00 bits per heavy atom. The molecule has 22 heavy (non-hydrogen) atoms. The fourth-order valence-corrected chi connectivity index (χ4v) is 2.07. The van der Waals surface area contributed by atoms with Crippen molar-refractivity contribution in [2.45, 2.75) is 13.5 Å². The van der Waals surface area contributed by atoms with Crippen molar-refractivity contribution in [3.63, 3.8) is 0 Å². The fraction of sp³-hybridized carbons (Fsp3) is 0.250. The van der Waals surface area contributed by atoms with Crippen molar-refractivity contribution in [3.05, 3.63) is 57.6 Å². The molecule has 0 aliphatic heterocycles. The Bertz CT molecular complexity index is 684. The maximum atomic E-state index is 10.9. The number of benzene rings is 2. The third kappa shape index (κ3) is 3.46. The fourth-order valence-electron chi connectivity index (χ4n) is 2.07. The molecular formula is C16H17NO5. The first-order chi connectivity index (χ1) is 10.5. The zero-order valence-electron chi connectivity index (χ0n) is 12.7. The number of ether oxygens (including phenoxy) is 3. The van der Waals surface area contributed by atoms with Crippen molar-refractivity contribution in [1.29, 1.82) is 0 Å². The van der Waals surface area contributed by atoms with E-state index in [0.717, 1.165) is 11.1 Å². The van der Waals surface area contributed by atoms with E-state index in [0.29, 0.717) is 17.2 Å². The van der Waals surface area contributed by atoms with Gasteiger partial charge in [-0.2, -0.15) is 0 Å². The summed E-state index contributed by atoms with van der Waals surface area (Å²) < 4.78 is 16.2. The van der Waals surface area contributed by atoms with E-state index in [4.69, 9.17) is 14.2 Å². The molecule has 0 heterocycles. The highest BCUT2D eigenvalue weighted by atomic mass is 16.6. The van der Waals surface area contributed by atoms with E-state index >= 15 is 0 Å². The molecule has 0 aliphatic carbocycles. The molecule has 6 heteroatoms. The predicted octanol–water partition coefficient (Wildman–Crippen LogP) is 3.50. The molecule has 0 saturated heterocycles. The summed E-state index contributed by atoms with van der Waals surface area (Å²) >= 11 is 0. The minimum Gasteiger partial charge on any atom is -0.496 e. The van der Waals surface area contributed by atoms with Crippen LogP contribution in [0, 0.1) is 17.0 Å². The Labute approximate surface area is 128 Å². The number of non-ortho nitro benzene ring substituents is 1. The van der Waals surface area contributed by atoms with E-state index in [1.165, 1.54) is 25.3 Å². The third-order valence-electron chi connectivity index (χ3n) is 3.18. The summed E-state index contributed by atoms with van der Waals surface area (Å²) in [6.07, 6.45) is 0. The molecule has 0 fully saturated rings. The SMILES string of the molecule is COc1ccc(C)cc1COc1cc([N+](=O)[O-])ccc1OC. The van der Waals surface area contributed by atoms with Crippen LogP contribution in [0.1, 0.15) is 11.1 Å². The van der Waals surface area contributed by atoms with Gasteiger partial charge >= 0.3 is 0 Å². The molecule has 0 bridgehead atoms. The summed E-state index contributed by atoms with van der Waals surface area (Å²) in [5, 5.41) is 10.9. The Morgan fingerprint density at radius 2 is 1.68 bits per heavy atom. The normalized spacial score (nSPS) is 10.1. The Morgan fingerprint density at radius 3 is 2.32 bits per heavy atom. The molecule has 0 aliphatic rings. The molecule has 0 N–H and O–H groups in total. The standard InChI is InChI=1S/C16H17NO5/c1-11-4-6-14(20-2)12(8-11)10-22-16-9-13(17(18)19)5-7-15(16)21-3/h4-9H,10H2,1-3H3. The van der Waals surface area contributed by atoms with Crippen molar-refractivity contribution in [2.24, 2.45) is 0 Å². The Balaban J connectivity index is 2.25. The van der Waals surface area contributed by atoms with Crippen LogP contribution in [0.25, 0.3) is 0 Å². The van der Waals surface area contributed by atoms with Gasteiger partial charge in [0.05, 0.1) is 25.2 Å². The smallest absolute Gasteiger partial charge is 0.273 e. The van der Waals surface area contributed by atoms with E-state index in [1.807, 2.05) is 25.1 Å². The topological polar surface area (TPSA) is 70.8 Å². The summed E-state index contributed by atoms with van der Waals surface area (Å²) in [6.45, 7) is 2.19. The number of rotatable bonds is 6. The number of methoxy groups -OCH3 is 2. The maximum Gasteiger partial charge on any atom is 0.273 e. The highest BCUT2D eigenvalue weighted by Gasteiger charge is 2.13. The summed E-state index contributed by atoms with van der Waals surface area (Å²) in [6, 6.07) is 9.98. The lowest BCUT2D eigenvalue weighted by Gasteiger charge is -2.13. The van der Waals surface area contributed by atoms with Gasteiger partial charge in [-0.3, -0.25) is 10.1 Å². The van der Waals surface area contributed by atoms with Crippen molar-refractivity contribution in [3.8, 4) is 17.2 Å². The molecule has 2 rings (SSSR count). The zero-order chi connectivity index (χ0) is 16.1. The van der Waals surface area contributed by atoms with Gasteiger partial charge in [-0.1, -0.05) is 11.6 Å². The number of hydrogen-bond acceptors (Lipinski definition) is 5. The van der Waals surface area contributed by atoms with E-state index < -0.39 is 4.92 Å². The second-order valence-electron chi connectivity index (χ2n) is 4.70. The first-order valence-corrected chi connectivity index (χ1v) is 6.64. The van der Waals surface area contributed by atoms with Crippen molar-refractivity contribution >= 4 is 5.69 Å². The first kappa shape index (κ1) is 15.6.